The highest BCUT2D eigenvalue weighted by molar-refractivity contribution is 5.95. The number of nitrogens with zero attached hydrogens (tertiary/aromatic N) is 2. The van der Waals surface area contributed by atoms with Crippen molar-refractivity contribution >= 4 is 30.0 Å². The van der Waals surface area contributed by atoms with Crippen molar-refractivity contribution in [1.82, 2.24) is 21.3 Å². The first-order valence-corrected chi connectivity index (χ1v) is 16.7. The number of pyridine rings is 2. The fraction of sp³-hybridized carbons (Fsp3) is 0.289. The quantitative estimate of drug-likeness (QED) is 0.107. The van der Waals surface area contributed by atoms with Gasteiger partial charge in [0.2, 0.25) is 0 Å². The highest BCUT2D eigenvalue weighted by Gasteiger charge is 2.14. The van der Waals surface area contributed by atoms with Gasteiger partial charge in [-0.1, -0.05) is 60.7 Å². The number of carbonyl (C=O) groups excluding carboxylic acids is 4. The molecule has 0 unspecified atom stereocenters. The van der Waals surface area contributed by atoms with Gasteiger partial charge in [0.25, 0.3) is 25.3 Å². The Morgan fingerprint density at radius 3 is 1.36 bits per heavy atom. The van der Waals surface area contributed by atoms with Crippen molar-refractivity contribution in [2.24, 2.45) is 0 Å². The first kappa shape index (κ1) is 43.1. The molecule has 0 saturated carbocycles. The number of rotatable bonds is 15. The van der Waals surface area contributed by atoms with Crippen LogP contribution in [0, 0.1) is 0 Å². The van der Waals surface area contributed by atoms with Crippen LogP contribution in [-0.2, 0) is 40.6 Å². The molecule has 5 N–H and O–H groups in total. The molecule has 0 aliphatic rings. The normalized spacial score (nSPS) is 11.2. The van der Waals surface area contributed by atoms with Gasteiger partial charge in [0.1, 0.15) is 6.54 Å². The number of aliphatic carboxylic acids is 1. The molecule has 0 bridgehead atoms. The van der Waals surface area contributed by atoms with E-state index in [2.05, 4.69) is 21.3 Å². The summed E-state index contributed by atoms with van der Waals surface area (Å²) in [6.07, 6.45) is 6.97. The van der Waals surface area contributed by atoms with Gasteiger partial charge < -0.3 is 48.3 Å². The molecule has 2 heterocycles. The highest BCUT2D eigenvalue weighted by Crippen LogP contribution is 2.04. The second kappa shape index (κ2) is 23.5. The highest BCUT2D eigenvalue weighted by atomic mass is 35.5. The van der Waals surface area contributed by atoms with E-state index in [1.807, 2.05) is 81.4 Å². The van der Waals surface area contributed by atoms with Crippen LogP contribution in [0.4, 0.5) is 9.59 Å². The van der Waals surface area contributed by atoms with E-state index in [-0.39, 0.29) is 43.9 Å². The van der Waals surface area contributed by atoms with E-state index in [4.69, 9.17) is 14.6 Å². The molecule has 0 aliphatic heterocycles. The Bertz CT molecular complexity index is 1730. The summed E-state index contributed by atoms with van der Waals surface area (Å²) in [6, 6.07) is 26.1. The number of hydrogen-bond donors (Lipinski definition) is 5. The lowest BCUT2D eigenvalue weighted by Gasteiger charge is -2.13. The standard InChI is InChI=1S/C19H21N3O5.C19H23N3O3.ClH/c1-14(11-15-5-3-2-4-6-15)21-19(26)27-13-22-9-7-16(8-10-22)18(25)20-12-17(23)24;1-3-20-18(23)17-9-11-22(12-10-17)14-25-19(24)21-15(2)13-16-7-5-4-6-8-16;/h2-10,14H,11-13H2,1H3,(H2-,20,21,23,24,25,26);4-12,15H,3,13-14H2,1-2H3,(H-,20,21,23,24);1H/p+1/t14-;15-;/m00./s1. The zero-order valence-corrected chi connectivity index (χ0v) is 30.6. The van der Waals surface area contributed by atoms with Crippen LogP contribution in [0.25, 0.3) is 0 Å². The van der Waals surface area contributed by atoms with Crippen molar-refractivity contribution in [3.63, 3.8) is 0 Å². The lowest BCUT2D eigenvalue weighted by molar-refractivity contribution is -0.727. The average molecular weight is 750 g/mol. The summed E-state index contributed by atoms with van der Waals surface area (Å²) in [5.74, 6) is -1.73. The van der Waals surface area contributed by atoms with E-state index in [0.717, 1.165) is 17.5 Å². The maximum Gasteiger partial charge on any atom is 0.412 e. The third-order valence-electron chi connectivity index (χ3n) is 7.23. The summed E-state index contributed by atoms with van der Waals surface area (Å²) in [5, 5.41) is 19.1. The van der Waals surface area contributed by atoms with Crippen molar-refractivity contribution in [3.8, 4) is 0 Å². The van der Waals surface area contributed by atoms with Crippen LogP contribution in [0.3, 0.4) is 0 Å². The van der Waals surface area contributed by atoms with Gasteiger partial charge >= 0.3 is 18.2 Å². The van der Waals surface area contributed by atoms with Crippen LogP contribution in [0.5, 0.6) is 0 Å². The second-order valence-electron chi connectivity index (χ2n) is 11.7. The number of benzene rings is 2. The Labute approximate surface area is 314 Å². The number of carboxylic acid groups (broad SMARTS) is 1. The summed E-state index contributed by atoms with van der Waals surface area (Å²) in [7, 11) is 0. The topological polar surface area (TPSA) is 180 Å². The summed E-state index contributed by atoms with van der Waals surface area (Å²) >= 11 is 0. The zero-order chi connectivity index (χ0) is 37.7. The molecule has 0 aliphatic carbocycles. The Balaban J connectivity index is 0.000000361. The molecular weight excluding hydrogens is 704 g/mol. The maximum atomic E-state index is 11.9. The number of halogens is 1. The van der Waals surface area contributed by atoms with Gasteiger partial charge in [0, 0.05) is 42.9 Å². The summed E-state index contributed by atoms with van der Waals surface area (Å²) in [6.45, 7) is 5.90. The van der Waals surface area contributed by atoms with Gasteiger partial charge in [-0.3, -0.25) is 14.4 Å². The molecule has 14 nitrogen and oxygen atoms in total. The number of hydrogen-bond acceptors (Lipinski definition) is 7. The molecule has 0 radical (unpaired) electrons. The molecule has 4 amide bonds. The second-order valence-corrected chi connectivity index (χ2v) is 11.7. The van der Waals surface area contributed by atoms with E-state index in [9.17, 15) is 24.0 Å². The Morgan fingerprint density at radius 2 is 1.00 bits per heavy atom. The van der Waals surface area contributed by atoms with Crippen LogP contribution in [0.15, 0.2) is 110 Å². The van der Waals surface area contributed by atoms with Crippen molar-refractivity contribution in [2.45, 2.75) is 59.2 Å². The van der Waals surface area contributed by atoms with E-state index in [1.165, 1.54) is 12.1 Å². The Kier molecular flexibility index (Phi) is 19.1. The van der Waals surface area contributed by atoms with Gasteiger partial charge in [0.05, 0.1) is 11.1 Å². The maximum absolute atomic E-state index is 11.9. The minimum Gasteiger partial charge on any atom is -1.00 e. The van der Waals surface area contributed by atoms with Crippen molar-refractivity contribution in [3.05, 3.63) is 132 Å². The molecule has 4 aromatic rings. The lowest BCUT2D eigenvalue weighted by atomic mass is 10.1. The number of amides is 4. The van der Waals surface area contributed by atoms with E-state index in [0.29, 0.717) is 24.1 Å². The van der Waals surface area contributed by atoms with Gasteiger partial charge in [0.15, 0.2) is 24.8 Å². The van der Waals surface area contributed by atoms with Crippen LogP contribution < -0.4 is 42.8 Å². The molecule has 15 heteroatoms. The van der Waals surface area contributed by atoms with Crippen LogP contribution in [0.2, 0.25) is 0 Å². The molecule has 2 atom stereocenters. The lowest BCUT2D eigenvalue weighted by Crippen LogP contribution is -3.00. The summed E-state index contributed by atoms with van der Waals surface area (Å²) in [5.41, 5.74) is 3.16. The third-order valence-corrected chi connectivity index (χ3v) is 7.23. The number of carbonyl (C=O) groups is 5. The summed E-state index contributed by atoms with van der Waals surface area (Å²) in [4.78, 5) is 57.6. The van der Waals surface area contributed by atoms with Gasteiger partial charge in [-0.25, -0.2) is 9.59 Å². The van der Waals surface area contributed by atoms with Crippen molar-refractivity contribution in [1.29, 1.82) is 0 Å². The minimum absolute atomic E-state index is 0. The number of aromatic nitrogens is 2. The Hall–Kier alpha value is -6.02. The number of alkyl carbamates (subject to hydrolysis) is 2. The van der Waals surface area contributed by atoms with Crippen molar-refractivity contribution < 1.29 is 60.1 Å². The Morgan fingerprint density at radius 1 is 0.623 bits per heavy atom. The van der Waals surface area contributed by atoms with Crippen LogP contribution >= 0.6 is 0 Å². The van der Waals surface area contributed by atoms with E-state index < -0.39 is 30.6 Å². The molecule has 4 rings (SSSR count). The molecule has 282 valence electrons. The molecular formula is C38H46ClN6O8+. The molecule has 0 spiro atoms. The molecule has 0 saturated heterocycles. The number of carboxylic acids is 1. The summed E-state index contributed by atoms with van der Waals surface area (Å²) < 4.78 is 13.6. The monoisotopic (exact) mass is 749 g/mol. The zero-order valence-electron chi connectivity index (χ0n) is 29.9. The predicted molar refractivity (Wildman–Crippen MR) is 190 cm³/mol. The number of nitrogens with one attached hydrogen (secondary N) is 4. The van der Waals surface area contributed by atoms with Crippen LogP contribution in [0.1, 0.15) is 52.6 Å². The smallest absolute Gasteiger partial charge is 0.412 e. The fourth-order valence-corrected chi connectivity index (χ4v) is 4.70. The predicted octanol–water partition coefficient (Wildman–Crippen LogP) is 0.146. The molecule has 2 aromatic heterocycles. The third kappa shape index (κ3) is 17.2. The minimum atomic E-state index is -1.12. The molecule has 0 fully saturated rings. The van der Waals surface area contributed by atoms with Gasteiger partial charge in [-0.2, -0.15) is 9.13 Å². The first-order valence-electron chi connectivity index (χ1n) is 16.7. The van der Waals surface area contributed by atoms with Gasteiger partial charge in [-0.15, -0.1) is 0 Å². The van der Waals surface area contributed by atoms with E-state index >= 15 is 0 Å². The van der Waals surface area contributed by atoms with Gasteiger partial charge in [-0.05, 0) is 44.7 Å². The fourth-order valence-electron chi connectivity index (χ4n) is 4.70. The molecule has 2 aromatic carbocycles. The van der Waals surface area contributed by atoms with E-state index in [1.54, 1.807) is 46.1 Å². The van der Waals surface area contributed by atoms with Crippen molar-refractivity contribution in [2.75, 3.05) is 13.1 Å². The SMILES string of the molecule is CCNC(=O)c1cc[n+](COC(=O)N[C@@H](C)Cc2ccccc2)cc1.C[C@@H](Cc1ccccc1)NC(=O)OC[n+]1ccc(C(=O)NCC(=O)O)cc1.[Cl-]. The number of ether oxygens (including phenoxy) is 2. The molecule has 53 heavy (non-hydrogen) atoms. The average Bonchev–Trinajstić information content (AvgIpc) is 3.13. The largest absolute Gasteiger partial charge is 1.00 e. The van der Waals surface area contributed by atoms with Crippen LogP contribution in [-0.4, -0.2) is 60.2 Å². The first-order chi connectivity index (χ1) is 25.0.